The summed E-state index contributed by atoms with van der Waals surface area (Å²) in [6.07, 6.45) is 7.75. The zero-order chi connectivity index (χ0) is 24.5. The molecule has 2 fully saturated rings. The molecule has 1 amide bonds. The van der Waals surface area contributed by atoms with Crippen LogP contribution in [0.1, 0.15) is 42.5 Å². The number of carbonyl (C=O) groups excluding carboxylic acids is 1. The van der Waals surface area contributed by atoms with E-state index in [9.17, 15) is 4.79 Å². The van der Waals surface area contributed by atoms with Crippen LogP contribution >= 0.6 is 0 Å². The van der Waals surface area contributed by atoms with Gasteiger partial charge in [-0.25, -0.2) is 0 Å². The smallest absolute Gasteiger partial charge is 0.257 e. The largest absolute Gasteiger partial charge is 0.485 e. The van der Waals surface area contributed by atoms with Gasteiger partial charge < -0.3 is 34.3 Å². The van der Waals surface area contributed by atoms with Crippen LogP contribution in [-0.4, -0.2) is 83.2 Å². The Morgan fingerprint density at radius 2 is 1.81 bits per heavy atom. The van der Waals surface area contributed by atoms with E-state index in [1.807, 2.05) is 17.0 Å². The molecule has 3 aromatic rings. The molecule has 6 rings (SSSR count). The first-order chi connectivity index (χ1) is 17.7. The Bertz CT molecular complexity index is 1250. The Morgan fingerprint density at radius 1 is 1.03 bits per heavy atom. The summed E-state index contributed by atoms with van der Waals surface area (Å²) in [4.78, 5) is 30.2. The highest BCUT2D eigenvalue weighted by Crippen LogP contribution is 2.42. The van der Waals surface area contributed by atoms with Gasteiger partial charge in [0, 0.05) is 25.3 Å². The van der Waals surface area contributed by atoms with Gasteiger partial charge in [-0.1, -0.05) is 6.42 Å². The minimum absolute atomic E-state index is 0.00822. The van der Waals surface area contributed by atoms with Gasteiger partial charge in [0.25, 0.3) is 5.91 Å². The number of amides is 1. The third-order valence-electron chi connectivity index (χ3n) is 7.40. The number of rotatable bonds is 5. The number of aromatic nitrogens is 3. The maximum Gasteiger partial charge on any atom is 0.257 e. The van der Waals surface area contributed by atoms with E-state index >= 15 is 0 Å². The molecule has 0 radical (unpaired) electrons. The number of ether oxygens (including phenoxy) is 3. The summed E-state index contributed by atoms with van der Waals surface area (Å²) in [5.41, 5.74) is 1.83. The fourth-order valence-electron chi connectivity index (χ4n) is 5.54. The second-order valence-electron chi connectivity index (χ2n) is 9.56. The molecule has 3 aliphatic heterocycles. The summed E-state index contributed by atoms with van der Waals surface area (Å²) >= 11 is 0. The second kappa shape index (κ2) is 9.85. The number of nitrogens with zero attached hydrogens (tertiary/aromatic N) is 4. The first-order valence-corrected chi connectivity index (χ1v) is 12.8. The normalized spacial score (nSPS) is 18.9. The molecule has 3 aliphatic rings. The average Bonchev–Trinajstić information content (AvgIpc) is 3.42. The third kappa shape index (κ3) is 4.30. The van der Waals surface area contributed by atoms with Crippen LogP contribution < -0.4 is 19.5 Å². The van der Waals surface area contributed by atoms with Crippen molar-refractivity contribution >= 4 is 28.6 Å². The lowest BCUT2D eigenvalue weighted by molar-refractivity contribution is 0.0582. The summed E-state index contributed by atoms with van der Waals surface area (Å²) < 4.78 is 17.4. The van der Waals surface area contributed by atoms with E-state index in [0.29, 0.717) is 59.5 Å². The number of benzene rings is 1. The van der Waals surface area contributed by atoms with Crippen molar-refractivity contribution < 1.29 is 19.0 Å². The summed E-state index contributed by atoms with van der Waals surface area (Å²) in [5, 5.41) is 4.02. The highest BCUT2D eigenvalue weighted by molar-refractivity contribution is 5.99. The molecule has 0 aliphatic carbocycles. The van der Waals surface area contributed by atoms with Crippen molar-refractivity contribution in [1.82, 2.24) is 24.8 Å². The lowest BCUT2D eigenvalue weighted by Crippen LogP contribution is -2.48. The van der Waals surface area contributed by atoms with Crippen molar-refractivity contribution in [3.63, 3.8) is 0 Å². The van der Waals surface area contributed by atoms with Crippen LogP contribution in [0, 0.1) is 0 Å². The number of anilines is 2. The Labute approximate surface area is 209 Å². The van der Waals surface area contributed by atoms with E-state index in [1.54, 1.807) is 19.4 Å². The monoisotopic (exact) mass is 492 g/mol. The molecule has 2 N–H and O–H groups in total. The summed E-state index contributed by atoms with van der Waals surface area (Å²) in [6.45, 7) is 4.71. The van der Waals surface area contributed by atoms with Crippen LogP contribution in [-0.2, 0) is 0 Å². The Balaban J connectivity index is 1.22. The van der Waals surface area contributed by atoms with E-state index < -0.39 is 0 Å². The molecular weight excluding hydrogens is 460 g/mol. The quantitative estimate of drug-likeness (QED) is 0.557. The van der Waals surface area contributed by atoms with Crippen molar-refractivity contribution in [2.45, 2.75) is 38.1 Å². The van der Waals surface area contributed by atoms with Gasteiger partial charge in [-0.2, -0.15) is 9.97 Å². The molecule has 1 aromatic carbocycles. The molecule has 190 valence electrons. The molecule has 0 saturated carbocycles. The average molecular weight is 493 g/mol. The van der Waals surface area contributed by atoms with Crippen LogP contribution in [0.5, 0.6) is 17.4 Å². The number of likely N-dealkylation sites (tertiary alicyclic amines) is 2. The van der Waals surface area contributed by atoms with Crippen molar-refractivity contribution in [2.24, 2.45) is 0 Å². The minimum atomic E-state index is -0.00822. The lowest BCUT2D eigenvalue weighted by Gasteiger charge is -2.40. The van der Waals surface area contributed by atoms with Gasteiger partial charge in [-0.15, -0.1) is 0 Å². The fraction of sp³-hybridized carbons (Fsp3) is 0.500. The number of H-pyrrole nitrogens is 1. The van der Waals surface area contributed by atoms with Gasteiger partial charge in [0.15, 0.2) is 11.5 Å². The number of piperidine rings is 2. The van der Waals surface area contributed by atoms with Crippen LogP contribution in [0.15, 0.2) is 24.4 Å². The third-order valence-corrected chi connectivity index (χ3v) is 7.40. The SMILES string of the molecule is COc1nc(Nc2ccc(C(=O)N3CCC(N4CCCCC4)CC3)c3c2OCCO3)nc2[nH]ccc12. The molecule has 36 heavy (non-hydrogen) atoms. The van der Waals surface area contributed by atoms with E-state index in [0.717, 1.165) is 31.3 Å². The first kappa shape index (κ1) is 22.9. The molecule has 0 unspecified atom stereocenters. The fourth-order valence-corrected chi connectivity index (χ4v) is 5.54. The summed E-state index contributed by atoms with van der Waals surface area (Å²) in [7, 11) is 1.58. The van der Waals surface area contributed by atoms with Gasteiger partial charge in [0.2, 0.25) is 11.8 Å². The topological polar surface area (TPSA) is 105 Å². The predicted octanol–water partition coefficient (Wildman–Crippen LogP) is 3.57. The van der Waals surface area contributed by atoms with E-state index in [4.69, 9.17) is 14.2 Å². The number of hydrogen-bond donors (Lipinski definition) is 2. The maximum absolute atomic E-state index is 13.5. The number of aromatic amines is 1. The predicted molar refractivity (Wildman–Crippen MR) is 136 cm³/mol. The molecule has 10 nitrogen and oxygen atoms in total. The number of fused-ring (bicyclic) bond motifs is 2. The van der Waals surface area contributed by atoms with Crippen molar-refractivity contribution in [2.75, 3.05) is 51.8 Å². The molecule has 0 spiro atoms. The Kier molecular flexibility index (Phi) is 6.27. The molecule has 2 saturated heterocycles. The minimum Gasteiger partial charge on any atom is -0.485 e. The van der Waals surface area contributed by atoms with Gasteiger partial charge in [-0.05, 0) is 57.0 Å². The first-order valence-electron chi connectivity index (χ1n) is 12.8. The van der Waals surface area contributed by atoms with E-state index in [1.165, 1.54) is 32.4 Å². The number of methoxy groups -OCH3 is 1. The summed E-state index contributed by atoms with van der Waals surface area (Å²) in [5.74, 6) is 1.80. The van der Waals surface area contributed by atoms with Gasteiger partial charge >= 0.3 is 0 Å². The van der Waals surface area contributed by atoms with Crippen molar-refractivity contribution in [3.05, 3.63) is 30.0 Å². The molecule has 0 bridgehead atoms. The second-order valence-corrected chi connectivity index (χ2v) is 9.56. The highest BCUT2D eigenvalue weighted by atomic mass is 16.6. The zero-order valence-corrected chi connectivity index (χ0v) is 20.6. The van der Waals surface area contributed by atoms with Crippen LogP contribution in [0.2, 0.25) is 0 Å². The van der Waals surface area contributed by atoms with Crippen molar-refractivity contribution in [3.8, 4) is 17.4 Å². The zero-order valence-electron chi connectivity index (χ0n) is 20.6. The van der Waals surface area contributed by atoms with Gasteiger partial charge in [0.05, 0.1) is 23.7 Å². The summed E-state index contributed by atoms with van der Waals surface area (Å²) in [6, 6.07) is 6.09. The molecular formula is C26H32N6O4. The Morgan fingerprint density at radius 3 is 2.58 bits per heavy atom. The van der Waals surface area contributed by atoms with E-state index in [-0.39, 0.29) is 5.91 Å². The van der Waals surface area contributed by atoms with Crippen LogP contribution in [0.4, 0.5) is 11.6 Å². The molecule has 0 atom stereocenters. The lowest BCUT2D eigenvalue weighted by atomic mass is 9.99. The number of hydrogen-bond acceptors (Lipinski definition) is 8. The van der Waals surface area contributed by atoms with Gasteiger partial charge in [0.1, 0.15) is 18.9 Å². The van der Waals surface area contributed by atoms with Crippen LogP contribution in [0.25, 0.3) is 11.0 Å². The molecule has 2 aromatic heterocycles. The maximum atomic E-state index is 13.5. The highest BCUT2D eigenvalue weighted by Gasteiger charge is 2.31. The number of nitrogens with one attached hydrogen (secondary N) is 2. The standard InChI is InChI=1S/C26H32N6O4/c1-34-24-19-7-10-27-23(19)29-26(30-24)28-20-6-5-18(21-22(20)36-16-15-35-21)25(33)32-13-8-17(9-14-32)31-11-3-2-4-12-31/h5-7,10,17H,2-4,8-9,11-16H2,1H3,(H2,27,28,29,30). The molecule has 10 heteroatoms. The number of carbonyl (C=O) groups is 1. The van der Waals surface area contributed by atoms with Crippen LogP contribution in [0.3, 0.4) is 0 Å². The van der Waals surface area contributed by atoms with Gasteiger partial charge in [-0.3, -0.25) is 4.79 Å². The van der Waals surface area contributed by atoms with E-state index in [2.05, 4.69) is 25.2 Å². The molecule has 5 heterocycles. The van der Waals surface area contributed by atoms with Crippen molar-refractivity contribution in [1.29, 1.82) is 0 Å². The Hall–Kier alpha value is -3.53.